The highest BCUT2D eigenvalue weighted by Gasteiger charge is 2.18. The van der Waals surface area contributed by atoms with E-state index in [1.54, 1.807) is 0 Å². The van der Waals surface area contributed by atoms with Gasteiger partial charge in [0.05, 0.1) is 25.4 Å². The zero-order valence-corrected chi connectivity index (χ0v) is 39.7. The SMILES string of the molecule is CCCCCCCCC(CCCCCC)CC(=O)OCCCCC(O)CN(CCCCCO)CC(O)CCCCOC(=O)CC(CCCCCC)CCCCCCCC. The van der Waals surface area contributed by atoms with Gasteiger partial charge in [0.25, 0.3) is 0 Å². The first kappa shape index (κ1) is 57.8. The predicted octanol–water partition coefficient (Wildman–Crippen LogP) is 13.1. The number of carbonyl (C=O) groups is 2. The number of rotatable bonds is 47. The Labute approximate surface area is 366 Å². The van der Waals surface area contributed by atoms with Crippen molar-refractivity contribution in [2.45, 2.75) is 265 Å². The zero-order valence-electron chi connectivity index (χ0n) is 39.7. The summed E-state index contributed by atoms with van der Waals surface area (Å²) in [7, 11) is 0. The van der Waals surface area contributed by atoms with E-state index in [9.17, 15) is 24.9 Å². The number of unbranched alkanes of at least 4 members (excludes halogenated alkanes) is 20. The number of aliphatic hydroxyl groups is 3. The maximum absolute atomic E-state index is 12.8. The molecule has 0 aliphatic rings. The van der Waals surface area contributed by atoms with E-state index in [4.69, 9.17) is 9.47 Å². The molecule has 0 saturated carbocycles. The third-order valence-corrected chi connectivity index (χ3v) is 12.2. The Hall–Kier alpha value is -1.22. The molecule has 59 heavy (non-hydrogen) atoms. The number of ether oxygens (including phenoxy) is 2. The van der Waals surface area contributed by atoms with Gasteiger partial charge in [-0.25, -0.2) is 0 Å². The molecule has 0 aliphatic heterocycles. The minimum Gasteiger partial charge on any atom is -0.466 e. The molecular weight excluding hydrogens is 739 g/mol. The lowest BCUT2D eigenvalue weighted by Gasteiger charge is -2.27. The van der Waals surface area contributed by atoms with Gasteiger partial charge < -0.3 is 24.8 Å². The van der Waals surface area contributed by atoms with Gasteiger partial charge in [-0.1, -0.05) is 156 Å². The molecule has 0 saturated heterocycles. The van der Waals surface area contributed by atoms with E-state index in [-0.39, 0.29) is 18.5 Å². The van der Waals surface area contributed by atoms with Crippen molar-refractivity contribution < 1.29 is 34.4 Å². The lowest BCUT2D eigenvalue weighted by Crippen LogP contribution is -2.38. The second-order valence-electron chi connectivity index (χ2n) is 18.2. The molecule has 0 aromatic heterocycles. The van der Waals surface area contributed by atoms with Gasteiger partial charge in [-0.05, 0) is 102 Å². The Morgan fingerprint density at radius 2 is 0.746 bits per heavy atom. The summed E-state index contributed by atoms with van der Waals surface area (Å²) in [5, 5.41) is 31.1. The fourth-order valence-corrected chi connectivity index (χ4v) is 8.43. The maximum atomic E-state index is 12.8. The molecule has 0 amide bonds. The molecular formula is C51H101NO7. The fourth-order valence-electron chi connectivity index (χ4n) is 8.43. The van der Waals surface area contributed by atoms with E-state index in [1.807, 2.05) is 0 Å². The van der Waals surface area contributed by atoms with Crippen LogP contribution in [0.3, 0.4) is 0 Å². The molecule has 8 nitrogen and oxygen atoms in total. The largest absolute Gasteiger partial charge is 0.466 e. The highest BCUT2D eigenvalue weighted by atomic mass is 16.5. The molecule has 4 atom stereocenters. The zero-order chi connectivity index (χ0) is 43.4. The Bertz CT molecular complexity index is 824. The van der Waals surface area contributed by atoms with Gasteiger partial charge in [-0.2, -0.15) is 0 Å². The second kappa shape index (κ2) is 44.8. The van der Waals surface area contributed by atoms with Crippen LogP contribution in [0.2, 0.25) is 0 Å². The van der Waals surface area contributed by atoms with Crippen LogP contribution in [-0.2, 0) is 19.1 Å². The number of hydrogen-bond donors (Lipinski definition) is 3. The van der Waals surface area contributed by atoms with Crippen LogP contribution in [0.4, 0.5) is 0 Å². The smallest absolute Gasteiger partial charge is 0.306 e. The summed E-state index contributed by atoms with van der Waals surface area (Å²) in [4.78, 5) is 27.7. The van der Waals surface area contributed by atoms with Crippen molar-refractivity contribution in [2.75, 3.05) is 39.5 Å². The number of nitrogens with zero attached hydrogens (tertiary/aromatic N) is 1. The second-order valence-corrected chi connectivity index (χ2v) is 18.2. The minimum absolute atomic E-state index is 0.0705. The van der Waals surface area contributed by atoms with Crippen LogP contribution in [0.1, 0.15) is 252 Å². The van der Waals surface area contributed by atoms with Crippen molar-refractivity contribution in [3.63, 3.8) is 0 Å². The van der Waals surface area contributed by atoms with E-state index in [0.717, 1.165) is 77.2 Å². The van der Waals surface area contributed by atoms with E-state index < -0.39 is 12.2 Å². The first-order chi connectivity index (χ1) is 28.8. The summed E-state index contributed by atoms with van der Waals surface area (Å²) in [5.41, 5.74) is 0. The normalized spacial score (nSPS) is 13.8. The van der Waals surface area contributed by atoms with Crippen molar-refractivity contribution in [3.05, 3.63) is 0 Å². The summed E-state index contributed by atoms with van der Waals surface area (Å²) in [6.07, 6.45) is 36.6. The third-order valence-electron chi connectivity index (χ3n) is 12.2. The van der Waals surface area contributed by atoms with Gasteiger partial charge in [0.15, 0.2) is 0 Å². The average Bonchev–Trinajstić information content (AvgIpc) is 3.21. The van der Waals surface area contributed by atoms with Gasteiger partial charge >= 0.3 is 11.9 Å². The maximum Gasteiger partial charge on any atom is 0.306 e. The highest BCUT2D eigenvalue weighted by Crippen LogP contribution is 2.24. The van der Waals surface area contributed by atoms with Crippen molar-refractivity contribution in [2.24, 2.45) is 11.8 Å². The van der Waals surface area contributed by atoms with Gasteiger partial charge in [-0.3, -0.25) is 14.5 Å². The molecule has 0 fully saturated rings. The fraction of sp³-hybridized carbons (Fsp3) is 0.961. The van der Waals surface area contributed by atoms with Crippen molar-refractivity contribution in [1.82, 2.24) is 4.90 Å². The molecule has 352 valence electrons. The van der Waals surface area contributed by atoms with Crippen molar-refractivity contribution in [3.8, 4) is 0 Å². The summed E-state index contributed by atoms with van der Waals surface area (Å²) in [6, 6.07) is 0. The molecule has 0 aliphatic carbocycles. The Balaban J connectivity index is 4.59. The number of esters is 2. The lowest BCUT2D eigenvalue weighted by atomic mass is 9.91. The predicted molar refractivity (Wildman–Crippen MR) is 249 cm³/mol. The average molecular weight is 840 g/mol. The molecule has 0 heterocycles. The highest BCUT2D eigenvalue weighted by molar-refractivity contribution is 5.70. The number of carbonyl (C=O) groups excluding carboxylic acids is 2. The number of aliphatic hydroxyl groups excluding tert-OH is 3. The van der Waals surface area contributed by atoms with Crippen LogP contribution >= 0.6 is 0 Å². The Morgan fingerprint density at radius 3 is 1.12 bits per heavy atom. The molecule has 4 unspecified atom stereocenters. The van der Waals surface area contributed by atoms with Crippen molar-refractivity contribution >= 4 is 11.9 Å². The summed E-state index contributed by atoms with van der Waals surface area (Å²) in [5.74, 6) is 0.712. The summed E-state index contributed by atoms with van der Waals surface area (Å²) in [6.45, 7) is 11.7. The molecule has 0 aromatic rings. The van der Waals surface area contributed by atoms with Gasteiger partial charge in [0, 0.05) is 32.5 Å². The lowest BCUT2D eigenvalue weighted by molar-refractivity contribution is -0.146. The number of hydrogen-bond acceptors (Lipinski definition) is 8. The molecule has 3 N–H and O–H groups in total. The van der Waals surface area contributed by atoms with Crippen LogP contribution < -0.4 is 0 Å². The summed E-state index contributed by atoms with van der Waals surface area (Å²) < 4.78 is 11.3. The Kier molecular flexibility index (Phi) is 43.9. The van der Waals surface area contributed by atoms with E-state index in [0.29, 0.717) is 63.8 Å². The standard InChI is InChI=1S/C51H101NO7/c1-5-9-13-17-19-24-34-46(32-22-15-11-7-3)42-50(56)58-40-30-26-36-48(54)44-52(38-28-21-29-39-53)45-49(55)37-27-31-41-59-51(57)43-47(33-23-16-12-8-4)35-25-20-18-14-10-6-2/h46-49,53-55H,5-45H2,1-4H3. The van der Waals surface area contributed by atoms with E-state index in [2.05, 4.69) is 32.6 Å². The van der Waals surface area contributed by atoms with E-state index >= 15 is 0 Å². The summed E-state index contributed by atoms with van der Waals surface area (Å²) >= 11 is 0. The topological polar surface area (TPSA) is 117 Å². The molecule has 0 aromatic carbocycles. The van der Waals surface area contributed by atoms with Crippen LogP contribution in [0.25, 0.3) is 0 Å². The third kappa shape index (κ3) is 40.6. The van der Waals surface area contributed by atoms with Crippen LogP contribution in [0.5, 0.6) is 0 Å². The van der Waals surface area contributed by atoms with Gasteiger partial charge in [0.1, 0.15) is 0 Å². The first-order valence-electron chi connectivity index (χ1n) is 25.8. The minimum atomic E-state index is -0.517. The molecule has 0 bridgehead atoms. The molecule has 0 radical (unpaired) electrons. The molecule has 0 spiro atoms. The van der Waals surface area contributed by atoms with Gasteiger partial charge in [0.2, 0.25) is 0 Å². The molecule has 8 heteroatoms. The van der Waals surface area contributed by atoms with E-state index in [1.165, 1.54) is 128 Å². The van der Waals surface area contributed by atoms with Crippen LogP contribution in [-0.4, -0.2) is 83.8 Å². The van der Waals surface area contributed by atoms with Crippen LogP contribution in [0, 0.1) is 11.8 Å². The monoisotopic (exact) mass is 840 g/mol. The quantitative estimate of drug-likeness (QED) is 0.0410. The Morgan fingerprint density at radius 1 is 0.424 bits per heavy atom. The first-order valence-corrected chi connectivity index (χ1v) is 25.8. The van der Waals surface area contributed by atoms with Crippen molar-refractivity contribution in [1.29, 1.82) is 0 Å². The molecule has 0 rings (SSSR count). The van der Waals surface area contributed by atoms with Gasteiger partial charge in [-0.15, -0.1) is 0 Å². The van der Waals surface area contributed by atoms with Crippen LogP contribution in [0.15, 0.2) is 0 Å².